The van der Waals surface area contributed by atoms with Crippen molar-refractivity contribution in [3.05, 3.63) is 101 Å². The molecule has 0 aromatic heterocycles. The number of halogens is 2. The van der Waals surface area contributed by atoms with Crippen LogP contribution in [0.25, 0.3) is 0 Å². The predicted octanol–water partition coefficient (Wildman–Crippen LogP) is 5.66. The molecule has 0 bridgehead atoms. The number of thioether (sulfide) groups is 1. The molecule has 2 atom stereocenters. The van der Waals surface area contributed by atoms with Gasteiger partial charge in [-0.3, -0.25) is 9.59 Å². The Labute approximate surface area is 210 Å². The summed E-state index contributed by atoms with van der Waals surface area (Å²) in [5.74, 6) is -0.967. The van der Waals surface area contributed by atoms with Gasteiger partial charge in [-0.15, -0.1) is 0 Å². The third-order valence-corrected chi connectivity index (χ3v) is 7.09. The Hall–Kier alpha value is -3.49. The Balaban J connectivity index is 1.36. The largest absolute Gasteiger partial charge is 0.326 e. The highest BCUT2D eigenvalue weighted by atomic mass is 35.5. The van der Waals surface area contributed by atoms with Crippen LogP contribution in [-0.4, -0.2) is 33.0 Å². The van der Waals surface area contributed by atoms with Gasteiger partial charge >= 0.3 is 0 Å². The first kappa shape index (κ1) is 23.3. The molecule has 1 N–H and O–H groups in total. The maximum absolute atomic E-state index is 13.6. The summed E-state index contributed by atoms with van der Waals surface area (Å²) in [5.41, 5.74) is 3.22. The molecule has 0 fully saturated rings. The van der Waals surface area contributed by atoms with E-state index in [1.54, 1.807) is 41.4 Å². The minimum Gasteiger partial charge on any atom is -0.326 e. The molecule has 176 valence electrons. The number of benzene rings is 3. The molecule has 2 amide bonds. The molecule has 2 aliphatic rings. The molecule has 5 rings (SSSR count). The zero-order valence-corrected chi connectivity index (χ0v) is 20.0. The number of hydrazone groups is 1. The highest BCUT2D eigenvalue weighted by molar-refractivity contribution is 8.15. The molecule has 0 saturated carbocycles. The summed E-state index contributed by atoms with van der Waals surface area (Å²) < 4.78 is 13.6. The van der Waals surface area contributed by atoms with E-state index >= 15 is 0 Å². The van der Waals surface area contributed by atoms with E-state index in [1.807, 2.05) is 30.3 Å². The molecular formula is C26H20ClFN4O2S. The second-order valence-electron chi connectivity index (χ2n) is 8.13. The minimum absolute atomic E-state index is 0.00575. The number of aliphatic imine (C=N–C) groups is 1. The topological polar surface area (TPSA) is 74.1 Å². The van der Waals surface area contributed by atoms with Crippen LogP contribution < -0.4 is 5.32 Å². The van der Waals surface area contributed by atoms with Gasteiger partial charge in [0.2, 0.25) is 5.91 Å². The van der Waals surface area contributed by atoms with Crippen LogP contribution in [-0.2, 0) is 9.59 Å². The molecule has 0 unspecified atom stereocenters. The Morgan fingerprint density at radius 1 is 1.06 bits per heavy atom. The zero-order valence-electron chi connectivity index (χ0n) is 18.4. The van der Waals surface area contributed by atoms with Gasteiger partial charge in [-0.25, -0.2) is 9.40 Å². The number of rotatable bonds is 5. The van der Waals surface area contributed by atoms with E-state index in [4.69, 9.17) is 16.7 Å². The van der Waals surface area contributed by atoms with E-state index in [0.717, 1.165) is 16.8 Å². The molecule has 0 saturated heterocycles. The normalized spacial score (nSPS) is 19.5. The van der Waals surface area contributed by atoms with Gasteiger partial charge < -0.3 is 5.32 Å². The van der Waals surface area contributed by atoms with Crippen molar-refractivity contribution < 1.29 is 14.0 Å². The first-order valence-electron chi connectivity index (χ1n) is 11.0. The van der Waals surface area contributed by atoms with Crippen LogP contribution in [0.4, 0.5) is 10.1 Å². The second-order valence-corrected chi connectivity index (χ2v) is 9.73. The van der Waals surface area contributed by atoms with Gasteiger partial charge in [0.25, 0.3) is 5.91 Å². The van der Waals surface area contributed by atoms with E-state index in [-0.39, 0.29) is 30.1 Å². The minimum atomic E-state index is -0.641. The van der Waals surface area contributed by atoms with Crippen LogP contribution in [0.3, 0.4) is 0 Å². The second kappa shape index (κ2) is 10.0. The number of hydrogen-bond donors (Lipinski definition) is 1. The van der Waals surface area contributed by atoms with Gasteiger partial charge in [0.1, 0.15) is 11.1 Å². The average molecular weight is 507 g/mol. The molecule has 2 aliphatic heterocycles. The van der Waals surface area contributed by atoms with Crippen LogP contribution in [0.1, 0.15) is 30.0 Å². The van der Waals surface area contributed by atoms with E-state index in [9.17, 15) is 14.0 Å². The molecule has 0 spiro atoms. The Morgan fingerprint density at radius 3 is 2.49 bits per heavy atom. The van der Waals surface area contributed by atoms with Crippen LogP contribution in [0, 0.1) is 5.82 Å². The molecule has 0 radical (unpaired) electrons. The number of amides is 2. The maximum Gasteiger partial charge on any atom is 0.262 e. The third kappa shape index (κ3) is 5.28. The lowest BCUT2D eigenvalue weighted by Gasteiger charge is -2.23. The Kier molecular flexibility index (Phi) is 6.66. The highest BCUT2D eigenvalue weighted by Gasteiger charge is 2.39. The Morgan fingerprint density at radius 2 is 1.77 bits per heavy atom. The van der Waals surface area contributed by atoms with Crippen LogP contribution in [0.5, 0.6) is 0 Å². The monoisotopic (exact) mass is 506 g/mol. The average Bonchev–Trinajstić information content (AvgIpc) is 3.45. The van der Waals surface area contributed by atoms with Crippen molar-refractivity contribution in [2.24, 2.45) is 10.1 Å². The number of nitrogens with zero attached hydrogens (tertiary/aromatic N) is 3. The molecular weight excluding hydrogens is 487 g/mol. The zero-order chi connectivity index (χ0) is 24.4. The summed E-state index contributed by atoms with van der Waals surface area (Å²) in [7, 11) is 0. The summed E-state index contributed by atoms with van der Waals surface area (Å²) >= 11 is 7.26. The van der Waals surface area contributed by atoms with Gasteiger partial charge in [-0.2, -0.15) is 10.1 Å². The van der Waals surface area contributed by atoms with Crippen molar-refractivity contribution in [1.29, 1.82) is 0 Å². The highest BCUT2D eigenvalue weighted by Crippen LogP contribution is 2.38. The number of carbonyl (C=O) groups is 2. The lowest BCUT2D eigenvalue weighted by atomic mass is 9.98. The number of nitrogens with one attached hydrogen (secondary N) is 1. The lowest BCUT2D eigenvalue weighted by Crippen LogP contribution is -2.25. The van der Waals surface area contributed by atoms with E-state index in [0.29, 0.717) is 22.3 Å². The first-order chi connectivity index (χ1) is 17.0. The fourth-order valence-electron chi connectivity index (χ4n) is 3.95. The molecule has 9 heteroatoms. The molecule has 0 aliphatic carbocycles. The summed E-state index contributed by atoms with van der Waals surface area (Å²) in [6, 6.07) is 22.4. The van der Waals surface area contributed by atoms with Crippen molar-refractivity contribution in [3.8, 4) is 0 Å². The van der Waals surface area contributed by atoms with Crippen LogP contribution in [0.2, 0.25) is 5.02 Å². The van der Waals surface area contributed by atoms with Crippen molar-refractivity contribution >= 4 is 51.7 Å². The smallest absolute Gasteiger partial charge is 0.262 e. The summed E-state index contributed by atoms with van der Waals surface area (Å²) in [6.07, 6.45) is 0.536. The molecule has 35 heavy (non-hydrogen) atoms. The summed E-state index contributed by atoms with van der Waals surface area (Å²) in [6.45, 7) is 0. The quantitative estimate of drug-likeness (QED) is 0.484. The van der Waals surface area contributed by atoms with E-state index < -0.39 is 5.25 Å². The van der Waals surface area contributed by atoms with Gasteiger partial charge in [0, 0.05) is 23.6 Å². The molecule has 3 aromatic rings. The van der Waals surface area contributed by atoms with Gasteiger partial charge in [0.15, 0.2) is 5.17 Å². The first-order valence-corrected chi connectivity index (χ1v) is 12.2. The van der Waals surface area contributed by atoms with E-state index in [2.05, 4.69) is 10.3 Å². The van der Waals surface area contributed by atoms with E-state index in [1.165, 1.54) is 23.9 Å². The number of anilines is 1. The van der Waals surface area contributed by atoms with Crippen LogP contribution >= 0.6 is 23.4 Å². The van der Waals surface area contributed by atoms with Crippen molar-refractivity contribution in [1.82, 2.24) is 5.01 Å². The fraction of sp³-hybridized carbons (Fsp3) is 0.154. The SMILES string of the molecule is O=C(C[C@@H]1SC(N2N=C(c3ccc(Cl)cc3)C[C@H]2c2ccc(F)cc2)=NC1=O)Nc1ccccc1. The predicted molar refractivity (Wildman–Crippen MR) is 137 cm³/mol. The number of para-hydroxylation sites is 1. The lowest BCUT2D eigenvalue weighted by molar-refractivity contribution is -0.121. The molecule has 3 aromatic carbocycles. The van der Waals surface area contributed by atoms with Crippen molar-refractivity contribution in [2.45, 2.75) is 24.1 Å². The molecule has 6 nitrogen and oxygen atoms in total. The van der Waals surface area contributed by atoms with Crippen molar-refractivity contribution in [3.63, 3.8) is 0 Å². The van der Waals surface area contributed by atoms with Gasteiger partial charge in [-0.1, -0.05) is 65.8 Å². The van der Waals surface area contributed by atoms with Gasteiger partial charge in [-0.05, 0) is 47.5 Å². The van der Waals surface area contributed by atoms with Crippen molar-refractivity contribution in [2.75, 3.05) is 5.32 Å². The van der Waals surface area contributed by atoms with Crippen LogP contribution in [0.15, 0.2) is 89.0 Å². The summed E-state index contributed by atoms with van der Waals surface area (Å²) in [5, 5.41) is 9.68. The number of carbonyl (C=O) groups excluding carboxylic acids is 2. The Bertz CT molecular complexity index is 1310. The number of amidine groups is 1. The summed E-state index contributed by atoms with van der Waals surface area (Å²) in [4.78, 5) is 29.4. The van der Waals surface area contributed by atoms with Gasteiger partial charge in [0.05, 0.1) is 11.8 Å². The molecule has 2 heterocycles. The fourth-order valence-corrected chi connectivity index (χ4v) is 5.14. The third-order valence-electron chi connectivity index (χ3n) is 5.70. The standard InChI is InChI=1S/C26H20ClFN4O2S/c27-18-10-6-16(7-11-18)21-14-22(17-8-12-19(28)13-9-17)32(31-21)26-30-25(34)23(35-26)15-24(33)29-20-4-2-1-3-5-20/h1-13,22-23H,14-15H2,(H,29,33)/t22-,23-/m0/s1. The number of hydrogen-bond acceptors (Lipinski definition) is 5. The maximum atomic E-state index is 13.6.